The molecule has 5 heteroatoms. The van der Waals surface area contributed by atoms with E-state index in [9.17, 15) is 8.42 Å². The summed E-state index contributed by atoms with van der Waals surface area (Å²) in [6, 6.07) is 14.9. The van der Waals surface area contributed by atoms with Gasteiger partial charge < -0.3 is 5.73 Å². The molecule has 2 aromatic carbocycles. The summed E-state index contributed by atoms with van der Waals surface area (Å²) in [5.41, 5.74) is 7.90. The lowest BCUT2D eigenvalue weighted by Crippen LogP contribution is -2.13. The fourth-order valence-electron chi connectivity index (χ4n) is 3.05. The van der Waals surface area contributed by atoms with Crippen molar-refractivity contribution < 1.29 is 8.42 Å². The zero-order valence-corrected chi connectivity index (χ0v) is 14.6. The van der Waals surface area contributed by atoms with Gasteiger partial charge in [-0.2, -0.15) is 0 Å². The maximum absolute atomic E-state index is 12.9. The van der Waals surface area contributed by atoms with Crippen molar-refractivity contribution in [2.75, 3.05) is 6.54 Å². The molecule has 2 aromatic rings. The van der Waals surface area contributed by atoms with Gasteiger partial charge in [0.05, 0.1) is 10.1 Å². The first-order valence-corrected chi connectivity index (χ1v) is 9.55. The number of rotatable bonds is 4. The third kappa shape index (κ3) is 2.73. The first kappa shape index (κ1) is 15.7. The van der Waals surface area contributed by atoms with Crippen molar-refractivity contribution in [2.45, 2.75) is 23.0 Å². The molecule has 0 saturated heterocycles. The van der Waals surface area contributed by atoms with E-state index in [4.69, 9.17) is 5.73 Å². The normalized spacial score (nSPS) is 24.2. The highest BCUT2D eigenvalue weighted by Crippen LogP contribution is 2.53. The minimum absolute atomic E-state index is 0.00696. The van der Waals surface area contributed by atoms with Gasteiger partial charge in [-0.3, -0.25) is 0 Å². The molecule has 0 aliphatic heterocycles. The fourth-order valence-corrected chi connectivity index (χ4v) is 5.54. The number of aryl methyl sites for hydroxylation is 1. The van der Waals surface area contributed by atoms with Crippen LogP contribution >= 0.6 is 15.9 Å². The zero-order chi connectivity index (χ0) is 15.9. The third-order valence-corrected chi connectivity index (χ3v) is 7.15. The van der Waals surface area contributed by atoms with Gasteiger partial charge in [-0.15, -0.1) is 0 Å². The van der Waals surface area contributed by atoms with Gasteiger partial charge in [-0.25, -0.2) is 8.42 Å². The maximum Gasteiger partial charge on any atom is 0.182 e. The average molecular weight is 380 g/mol. The third-order valence-electron chi connectivity index (χ3n) is 4.33. The van der Waals surface area contributed by atoms with E-state index in [1.165, 1.54) is 0 Å². The van der Waals surface area contributed by atoms with Crippen LogP contribution < -0.4 is 5.73 Å². The molecule has 116 valence electrons. The van der Waals surface area contributed by atoms with Crippen LogP contribution in [0.1, 0.15) is 17.0 Å². The largest absolute Gasteiger partial charge is 0.330 e. The van der Waals surface area contributed by atoms with Crippen molar-refractivity contribution in [2.24, 2.45) is 11.7 Å². The molecule has 22 heavy (non-hydrogen) atoms. The second kappa shape index (κ2) is 5.80. The average Bonchev–Trinajstić information content (AvgIpc) is 3.24. The molecule has 1 fully saturated rings. The topological polar surface area (TPSA) is 60.2 Å². The molecule has 2 N–H and O–H groups in total. The fraction of sp³-hybridized carbons (Fsp3) is 0.294. The number of nitrogens with two attached hydrogens (primary N) is 1. The van der Waals surface area contributed by atoms with E-state index in [0.717, 1.165) is 15.6 Å². The van der Waals surface area contributed by atoms with Crippen LogP contribution in [0.3, 0.4) is 0 Å². The van der Waals surface area contributed by atoms with Crippen LogP contribution in [0.25, 0.3) is 0 Å². The van der Waals surface area contributed by atoms with E-state index in [1.54, 1.807) is 12.1 Å². The first-order valence-electron chi connectivity index (χ1n) is 7.21. The van der Waals surface area contributed by atoms with Crippen molar-refractivity contribution in [3.05, 3.63) is 64.1 Å². The molecule has 3 atom stereocenters. The Morgan fingerprint density at radius 2 is 1.64 bits per heavy atom. The van der Waals surface area contributed by atoms with Crippen LogP contribution in [-0.4, -0.2) is 20.2 Å². The molecule has 0 aromatic heterocycles. The monoisotopic (exact) mass is 379 g/mol. The molecule has 0 spiro atoms. The summed E-state index contributed by atoms with van der Waals surface area (Å²) in [5, 5.41) is -0.415. The lowest BCUT2D eigenvalue weighted by molar-refractivity contribution is 0.591. The van der Waals surface area contributed by atoms with Gasteiger partial charge in [0.1, 0.15) is 0 Å². The van der Waals surface area contributed by atoms with Gasteiger partial charge in [-0.1, -0.05) is 45.8 Å². The Morgan fingerprint density at radius 1 is 1.05 bits per heavy atom. The van der Waals surface area contributed by atoms with Gasteiger partial charge in [0.2, 0.25) is 0 Å². The smallest absolute Gasteiger partial charge is 0.182 e. The predicted molar refractivity (Wildman–Crippen MR) is 91.6 cm³/mol. The minimum Gasteiger partial charge on any atom is -0.330 e. The molecule has 0 bridgehead atoms. The summed E-state index contributed by atoms with van der Waals surface area (Å²) in [7, 11) is -3.34. The van der Waals surface area contributed by atoms with Crippen molar-refractivity contribution >= 4 is 25.8 Å². The molecule has 1 saturated carbocycles. The second-order valence-electron chi connectivity index (χ2n) is 5.80. The molecule has 1 aliphatic rings. The van der Waals surface area contributed by atoms with Gasteiger partial charge in [0.15, 0.2) is 9.84 Å². The zero-order valence-electron chi connectivity index (χ0n) is 12.2. The Kier molecular flexibility index (Phi) is 4.14. The Morgan fingerprint density at radius 3 is 2.18 bits per heavy atom. The summed E-state index contributed by atoms with van der Waals surface area (Å²) < 4.78 is 26.7. The lowest BCUT2D eigenvalue weighted by atomic mass is 10.1. The molecule has 0 heterocycles. The van der Waals surface area contributed by atoms with Crippen LogP contribution in [0.15, 0.2) is 57.9 Å². The number of halogens is 1. The van der Waals surface area contributed by atoms with Gasteiger partial charge in [-0.05, 0) is 49.2 Å². The number of hydrogen-bond donors (Lipinski definition) is 1. The quantitative estimate of drug-likeness (QED) is 0.886. The Hall–Kier alpha value is -1.17. The van der Waals surface area contributed by atoms with Gasteiger partial charge in [0.25, 0.3) is 0 Å². The van der Waals surface area contributed by atoms with Crippen LogP contribution in [-0.2, 0) is 9.84 Å². The van der Waals surface area contributed by atoms with Crippen molar-refractivity contribution in [3.63, 3.8) is 0 Å². The van der Waals surface area contributed by atoms with E-state index in [2.05, 4.69) is 15.9 Å². The van der Waals surface area contributed by atoms with Crippen molar-refractivity contribution in [1.29, 1.82) is 0 Å². The van der Waals surface area contributed by atoms with Crippen LogP contribution in [0, 0.1) is 12.8 Å². The van der Waals surface area contributed by atoms with Crippen LogP contribution in [0.5, 0.6) is 0 Å². The summed E-state index contributed by atoms with van der Waals surface area (Å²) in [5.74, 6) is -0.0168. The minimum atomic E-state index is -3.34. The van der Waals surface area contributed by atoms with Gasteiger partial charge >= 0.3 is 0 Å². The van der Waals surface area contributed by atoms with Gasteiger partial charge in [0, 0.05) is 10.4 Å². The maximum atomic E-state index is 12.9. The molecule has 1 aliphatic carbocycles. The molecular weight excluding hydrogens is 362 g/mol. The highest BCUT2D eigenvalue weighted by Gasteiger charge is 2.57. The Bertz CT molecular complexity index is 769. The lowest BCUT2D eigenvalue weighted by Gasteiger charge is -2.05. The molecule has 0 amide bonds. The van der Waals surface area contributed by atoms with E-state index >= 15 is 0 Å². The van der Waals surface area contributed by atoms with Crippen molar-refractivity contribution in [1.82, 2.24) is 0 Å². The summed E-state index contributed by atoms with van der Waals surface area (Å²) >= 11 is 3.40. The SMILES string of the molecule is Cc1ccc(S(=O)(=O)[C@H]2[C@H](CN)[C@@H]2c2ccc(Br)cc2)cc1. The summed E-state index contributed by atoms with van der Waals surface area (Å²) in [4.78, 5) is 0.390. The van der Waals surface area contributed by atoms with Crippen LogP contribution in [0.2, 0.25) is 0 Å². The molecular formula is C17H18BrNO2S. The second-order valence-corrected chi connectivity index (χ2v) is 8.82. The number of hydrogen-bond acceptors (Lipinski definition) is 3. The molecule has 3 rings (SSSR count). The van der Waals surface area contributed by atoms with Crippen molar-refractivity contribution in [3.8, 4) is 0 Å². The van der Waals surface area contributed by atoms with E-state index in [0.29, 0.717) is 11.4 Å². The summed E-state index contributed by atoms with van der Waals surface area (Å²) in [6.07, 6.45) is 0. The Balaban J connectivity index is 1.93. The number of benzene rings is 2. The highest BCUT2D eigenvalue weighted by molar-refractivity contribution is 9.10. The molecule has 0 unspecified atom stereocenters. The number of sulfone groups is 1. The standard InChI is InChI=1S/C17H18BrNO2S/c1-11-2-8-14(9-3-11)22(20,21)17-15(10-19)16(17)12-4-6-13(18)7-5-12/h2-9,15-17H,10,19H2,1H3/t15-,16+,17+/m1/s1. The molecule has 3 nitrogen and oxygen atoms in total. The predicted octanol–water partition coefficient (Wildman–Crippen LogP) is 3.27. The highest BCUT2D eigenvalue weighted by atomic mass is 79.9. The molecule has 0 radical (unpaired) electrons. The van der Waals surface area contributed by atoms with E-state index in [-0.39, 0.29) is 11.8 Å². The first-order chi connectivity index (χ1) is 10.4. The van der Waals surface area contributed by atoms with Crippen LogP contribution in [0.4, 0.5) is 0 Å². The van der Waals surface area contributed by atoms with E-state index in [1.807, 2.05) is 43.3 Å². The van der Waals surface area contributed by atoms with E-state index < -0.39 is 15.1 Å². The Labute approximate surface area is 139 Å². The summed E-state index contributed by atoms with van der Waals surface area (Å²) in [6.45, 7) is 2.33.